The van der Waals surface area contributed by atoms with Gasteiger partial charge in [0.15, 0.2) is 0 Å². The number of carbonyl (C=O) groups excluding carboxylic acids is 3. The maximum absolute atomic E-state index is 12.0. The molecule has 0 bridgehead atoms. The number of imide groups is 1. The van der Waals surface area contributed by atoms with E-state index in [9.17, 15) is 19.2 Å². The van der Waals surface area contributed by atoms with E-state index in [-0.39, 0.29) is 12.5 Å². The fourth-order valence-corrected chi connectivity index (χ4v) is 2.57. The normalized spacial score (nSPS) is 27.0. The van der Waals surface area contributed by atoms with Crippen molar-refractivity contribution in [1.29, 1.82) is 0 Å². The molecule has 0 spiro atoms. The molecule has 9 heteroatoms. The Balaban J connectivity index is 1.93. The van der Waals surface area contributed by atoms with Crippen LogP contribution >= 0.6 is 0 Å². The van der Waals surface area contributed by atoms with Gasteiger partial charge < -0.3 is 21.5 Å². The van der Waals surface area contributed by atoms with Gasteiger partial charge in [-0.05, 0) is 19.4 Å². The van der Waals surface area contributed by atoms with Crippen molar-refractivity contribution in [1.82, 2.24) is 15.5 Å². The zero-order chi connectivity index (χ0) is 15.6. The van der Waals surface area contributed by atoms with Crippen molar-refractivity contribution in [3.8, 4) is 0 Å². The molecule has 116 valence electrons. The smallest absolute Gasteiger partial charge is 0.323 e. The van der Waals surface area contributed by atoms with Gasteiger partial charge in [0.1, 0.15) is 12.6 Å². The third kappa shape index (κ3) is 3.37. The van der Waals surface area contributed by atoms with E-state index in [1.54, 1.807) is 0 Å². The molecule has 21 heavy (non-hydrogen) atoms. The van der Waals surface area contributed by atoms with E-state index in [0.29, 0.717) is 4.90 Å². The molecule has 5 N–H and O–H groups in total. The number of carboxylic acid groups (broad SMARTS) is 1. The summed E-state index contributed by atoms with van der Waals surface area (Å²) in [5.41, 5.74) is 5.82. The molecule has 2 saturated heterocycles. The highest BCUT2D eigenvalue weighted by molar-refractivity contribution is 6.08. The topological polar surface area (TPSA) is 142 Å². The molecule has 2 fully saturated rings. The van der Waals surface area contributed by atoms with Crippen LogP contribution in [0.1, 0.15) is 19.3 Å². The van der Waals surface area contributed by atoms with Crippen molar-refractivity contribution in [3.05, 3.63) is 0 Å². The van der Waals surface area contributed by atoms with Crippen LogP contribution in [0.2, 0.25) is 0 Å². The Labute approximate surface area is 120 Å². The summed E-state index contributed by atoms with van der Waals surface area (Å²) in [6, 6.07) is -1.98. The molecule has 1 unspecified atom stereocenters. The molecule has 0 aromatic carbocycles. The van der Waals surface area contributed by atoms with Gasteiger partial charge in [-0.3, -0.25) is 24.1 Å². The van der Waals surface area contributed by atoms with Gasteiger partial charge in [-0.2, -0.15) is 0 Å². The minimum Gasteiger partial charge on any atom is -0.480 e. The van der Waals surface area contributed by atoms with Gasteiger partial charge in [0, 0.05) is 6.04 Å². The fraction of sp³-hybridized carbons (Fsp3) is 0.667. The third-order valence-electron chi connectivity index (χ3n) is 3.69. The van der Waals surface area contributed by atoms with Crippen LogP contribution in [0.5, 0.6) is 0 Å². The summed E-state index contributed by atoms with van der Waals surface area (Å²) in [6.45, 7) is 0.0964. The SMILES string of the molecule is N[C@H](C(=O)N[C@H]1CC(=O)N(CC(=O)O)C1=O)C1CCCN1. The molecule has 0 aromatic rings. The number of likely N-dealkylation sites (tertiary alicyclic amines) is 1. The first-order chi connectivity index (χ1) is 9.90. The van der Waals surface area contributed by atoms with Crippen molar-refractivity contribution in [2.45, 2.75) is 37.4 Å². The van der Waals surface area contributed by atoms with Crippen LogP contribution in [0, 0.1) is 0 Å². The van der Waals surface area contributed by atoms with E-state index in [1.165, 1.54) is 0 Å². The summed E-state index contributed by atoms with van der Waals surface area (Å²) >= 11 is 0. The molecule has 9 nitrogen and oxygen atoms in total. The van der Waals surface area contributed by atoms with E-state index < -0.39 is 42.3 Å². The Kier molecular flexibility index (Phi) is 4.53. The van der Waals surface area contributed by atoms with E-state index in [4.69, 9.17) is 10.8 Å². The Morgan fingerprint density at radius 2 is 2.19 bits per heavy atom. The van der Waals surface area contributed by atoms with Crippen molar-refractivity contribution in [3.63, 3.8) is 0 Å². The molecule has 0 radical (unpaired) electrons. The minimum absolute atomic E-state index is 0.146. The average molecular weight is 298 g/mol. The van der Waals surface area contributed by atoms with Crippen molar-refractivity contribution in [2.75, 3.05) is 13.1 Å². The number of aliphatic carboxylic acids is 1. The number of nitrogens with zero attached hydrogens (tertiary/aromatic N) is 1. The first kappa shape index (κ1) is 15.4. The van der Waals surface area contributed by atoms with Crippen molar-refractivity contribution < 1.29 is 24.3 Å². The highest BCUT2D eigenvalue weighted by atomic mass is 16.4. The highest BCUT2D eigenvalue weighted by Crippen LogP contribution is 2.14. The first-order valence-electron chi connectivity index (χ1n) is 6.75. The molecule has 2 aliphatic heterocycles. The van der Waals surface area contributed by atoms with Crippen LogP contribution in [0.3, 0.4) is 0 Å². The Morgan fingerprint density at radius 1 is 1.48 bits per heavy atom. The molecular formula is C12H18N4O5. The lowest BCUT2D eigenvalue weighted by Crippen LogP contribution is -2.55. The third-order valence-corrected chi connectivity index (χ3v) is 3.69. The van der Waals surface area contributed by atoms with Crippen LogP contribution < -0.4 is 16.4 Å². The van der Waals surface area contributed by atoms with Gasteiger partial charge in [-0.25, -0.2) is 0 Å². The van der Waals surface area contributed by atoms with Crippen molar-refractivity contribution in [2.24, 2.45) is 5.73 Å². The summed E-state index contributed by atoms with van der Waals surface area (Å²) in [6.07, 6.45) is 1.47. The molecule has 3 amide bonds. The van der Waals surface area contributed by atoms with Gasteiger partial charge >= 0.3 is 5.97 Å². The van der Waals surface area contributed by atoms with Crippen LogP contribution in [-0.2, 0) is 19.2 Å². The summed E-state index contributed by atoms with van der Waals surface area (Å²) in [4.78, 5) is 46.7. The number of amides is 3. The lowest BCUT2D eigenvalue weighted by molar-refractivity contribution is -0.148. The maximum atomic E-state index is 12.0. The predicted molar refractivity (Wildman–Crippen MR) is 69.9 cm³/mol. The van der Waals surface area contributed by atoms with Gasteiger partial charge in [0.2, 0.25) is 11.8 Å². The largest absolute Gasteiger partial charge is 0.480 e. The minimum atomic E-state index is -1.28. The lowest BCUT2D eigenvalue weighted by Gasteiger charge is -2.20. The molecule has 0 aromatic heterocycles. The molecule has 0 saturated carbocycles. The summed E-state index contributed by atoms with van der Waals surface area (Å²) in [5.74, 6) is -3.11. The van der Waals surface area contributed by atoms with E-state index in [0.717, 1.165) is 19.4 Å². The number of carbonyl (C=O) groups is 4. The Hall–Kier alpha value is -2.00. The summed E-state index contributed by atoms with van der Waals surface area (Å²) < 4.78 is 0. The molecule has 2 rings (SSSR count). The zero-order valence-corrected chi connectivity index (χ0v) is 11.4. The standard InChI is InChI=1S/C12H18N4O5/c13-10(6-2-1-3-14-6)11(20)15-7-4-8(17)16(12(7)21)5-9(18)19/h6-7,10,14H,1-5,13H2,(H,15,20)(H,18,19)/t6?,7-,10-/m0/s1. The Bertz CT molecular complexity index is 474. The second-order valence-electron chi connectivity index (χ2n) is 5.21. The van der Waals surface area contributed by atoms with Crippen molar-refractivity contribution >= 4 is 23.7 Å². The van der Waals surface area contributed by atoms with Gasteiger partial charge in [0.05, 0.1) is 12.5 Å². The summed E-state index contributed by atoms with van der Waals surface area (Å²) in [5, 5.41) is 14.2. The van der Waals surface area contributed by atoms with E-state index in [2.05, 4.69) is 10.6 Å². The quantitative estimate of drug-likeness (QED) is 0.407. The summed E-state index contributed by atoms with van der Waals surface area (Å²) in [7, 11) is 0. The van der Waals surface area contributed by atoms with Gasteiger partial charge in [-0.15, -0.1) is 0 Å². The highest BCUT2D eigenvalue weighted by Gasteiger charge is 2.41. The van der Waals surface area contributed by atoms with E-state index >= 15 is 0 Å². The number of hydrogen-bond donors (Lipinski definition) is 4. The van der Waals surface area contributed by atoms with Gasteiger partial charge in [0.25, 0.3) is 5.91 Å². The predicted octanol–water partition coefficient (Wildman–Crippen LogP) is -2.61. The van der Waals surface area contributed by atoms with Crippen LogP contribution in [0.15, 0.2) is 0 Å². The van der Waals surface area contributed by atoms with Crippen LogP contribution in [-0.4, -0.2) is 64.9 Å². The molecule has 2 heterocycles. The molecule has 0 aliphatic carbocycles. The number of nitrogens with two attached hydrogens (primary N) is 1. The molecule has 3 atom stereocenters. The number of nitrogens with one attached hydrogen (secondary N) is 2. The average Bonchev–Trinajstić information content (AvgIpc) is 3.02. The Morgan fingerprint density at radius 3 is 2.76 bits per heavy atom. The van der Waals surface area contributed by atoms with E-state index in [1.807, 2.05) is 0 Å². The van der Waals surface area contributed by atoms with Crippen LogP contribution in [0.4, 0.5) is 0 Å². The number of hydrogen-bond acceptors (Lipinski definition) is 6. The van der Waals surface area contributed by atoms with Gasteiger partial charge in [-0.1, -0.05) is 0 Å². The first-order valence-corrected chi connectivity index (χ1v) is 6.75. The zero-order valence-electron chi connectivity index (χ0n) is 11.4. The second-order valence-corrected chi connectivity index (χ2v) is 5.21. The maximum Gasteiger partial charge on any atom is 0.323 e. The molecule has 2 aliphatic rings. The molecular weight excluding hydrogens is 280 g/mol. The monoisotopic (exact) mass is 298 g/mol. The van der Waals surface area contributed by atoms with Crippen LogP contribution in [0.25, 0.3) is 0 Å². The lowest BCUT2D eigenvalue weighted by atomic mass is 10.1. The fourth-order valence-electron chi connectivity index (χ4n) is 2.57. The second kappa shape index (κ2) is 6.19. The number of carboxylic acids is 1. The number of rotatable bonds is 5.